The molecule has 2 aliphatic rings. The van der Waals surface area contributed by atoms with E-state index in [-0.39, 0.29) is 5.54 Å². The summed E-state index contributed by atoms with van der Waals surface area (Å²) < 4.78 is 0. The highest BCUT2D eigenvalue weighted by Crippen LogP contribution is 2.25. The van der Waals surface area contributed by atoms with Crippen LogP contribution >= 0.6 is 0 Å². The van der Waals surface area contributed by atoms with E-state index in [0.717, 1.165) is 18.9 Å². The maximum atomic E-state index is 9.37. The predicted octanol–water partition coefficient (Wildman–Crippen LogP) is 2.22. The Morgan fingerprint density at radius 1 is 1.24 bits per heavy atom. The quantitative estimate of drug-likeness (QED) is 0.697. The molecule has 0 spiro atoms. The molecule has 1 heterocycles. The van der Waals surface area contributed by atoms with Crippen LogP contribution in [0.4, 0.5) is 0 Å². The molecule has 21 heavy (non-hydrogen) atoms. The first-order chi connectivity index (χ1) is 10.0. The van der Waals surface area contributed by atoms with Crippen molar-refractivity contribution in [3.8, 4) is 6.07 Å². The molecule has 1 saturated carbocycles. The minimum absolute atomic E-state index is 0.312. The summed E-state index contributed by atoms with van der Waals surface area (Å²) in [7, 11) is 4.48. The van der Waals surface area contributed by atoms with Crippen LogP contribution in [-0.2, 0) is 0 Å². The molecule has 4 heteroatoms. The van der Waals surface area contributed by atoms with E-state index in [1.165, 1.54) is 51.7 Å². The zero-order valence-electron chi connectivity index (χ0n) is 14.1. The second kappa shape index (κ2) is 7.58. The van der Waals surface area contributed by atoms with Crippen molar-refractivity contribution in [2.45, 2.75) is 69.5 Å². The van der Waals surface area contributed by atoms with Gasteiger partial charge < -0.3 is 9.80 Å². The lowest BCUT2D eigenvalue weighted by molar-refractivity contribution is 0.142. The summed E-state index contributed by atoms with van der Waals surface area (Å²) in [5.41, 5.74) is -0.312. The van der Waals surface area contributed by atoms with E-state index < -0.39 is 0 Å². The topological polar surface area (TPSA) is 42.3 Å². The van der Waals surface area contributed by atoms with Crippen molar-refractivity contribution in [2.75, 3.05) is 33.7 Å². The van der Waals surface area contributed by atoms with Gasteiger partial charge in [-0.2, -0.15) is 5.26 Å². The third-order valence-corrected chi connectivity index (χ3v) is 5.10. The lowest BCUT2D eigenvalue weighted by Crippen LogP contribution is -2.43. The van der Waals surface area contributed by atoms with E-state index in [1.807, 2.05) is 0 Å². The molecular weight excluding hydrogens is 260 g/mol. The fraction of sp³-hybridized carbons (Fsp3) is 0.941. The van der Waals surface area contributed by atoms with Gasteiger partial charge >= 0.3 is 0 Å². The molecule has 0 bridgehead atoms. The molecule has 0 radical (unpaired) electrons. The fourth-order valence-corrected chi connectivity index (χ4v) is 3.30. The smallest absolute Gasteiger partial charge is 0.104 e. The van der Waals surface area contributed by atoms with Crippen LogP contribution < -0.4 is 5.32 Å². The largest absolute Gasteiger partial charge is 0.306 e. The molecule has 1 saturated heterocycles. The molecule has 0 aromatic heterocycles. The van der Waals surface area contributed by atoms with Crippen LogP contribution in [0.2, 0.25) is 0 Å². The first-order valence-corrected chi connectivity index (χ1v) is 8.60. The number of rotatable bonds is 8. The molecule has 120 valence electrons. The summed E-state index contributed by atoms with van der Waals surface area (Å²) in [5, 5.41) is 12.9. The first-order valence-electron chi connectivity index (χ1n) is 8.60. The average molecular weight is 292 g/mol. The number of nitrogens with one attached hydrogen (secondary N) is 1. The molecule has 1 atom stereocenters. The second-order valence-corrected chi connectivity index (χ2v) is 7.33. The maximum Gasteiger partial charge on any atom is 0.104 e. The van der Waals surface area contributed by atoms with Crippen LogP contribution in [-0.4, -0.2) is 61.2 Å². The Kier molecular flexibility index (Phi) is 6.04. The Hall–Kier alpha value is -0.630. The molecule has 1 aliphatic carbocycles. The minimum atomic E-state index is -0.312. The standard InChI is InChI=1S/C17H32N4/c1-17(14-18,19-15-6-7-15)10-4-5-11-21(3)16-8-12-20(2)13-9-16/h15-16,19H,4-13H2,1-3H3. The van der Waals surface area contributed by atoms with Gasteiger partial charge in [-0.05, 0) is 85.6 Å². The molecular formula is C17H32N4. The van der Waals surface area contributed by atoms with Crippen molar-refractivity contribution < 1.29 is 0 Å². The Labute approximate surface area is 130 Å². The van der Waals surface area contributed by atoms with Gasteiger partial charge in [0.25, 0.3) is 0 Å². The fourth-order valence-electron chi connectivity index (χ4n) is 3.30. The van der Waals surface area contributed by atoms with Crippen LogP contribution in [0.3, 0.4) is 0 Å². The number of hydrogen-bond donors (Lipinski definition) is 1. The number of likely N-dealkylation sites (tertiary alicyclic amines) is 1. The molecule has 1 aliphatic heterocycles. The number of nitrogens with zero attached hydrogens (tertiary/aromatic N) is 3. The van der Waals surface area contributed by atoms with E-state index in [4.69, 9.17) is 0 Å². The van der Waals surface area contributed by atoms with Crippen molar-refractivity contribution in [3.05, 3.63) is 0 Å². The summed E-state index contributed by atoms with van der Waals surface area (Å²) in [6.07, 6.45) is 8.40. The highest BCUT2D eigenvalue weighted by Gasteiger charge is 2.32. The monoisotopic (exact) mass is 292 g/mol. The van der Waals surface area contributed by atoms with Gasteiger partial charge in [0.2, 0.25) is 0 Å². The Bertz CT molecular complexity index is 352. The van der Waals surface area contributed by atoms with Crippen molar-refractivity contribution in [2.24, 2.45) is 0 Å². The highest BCUT2D eigenvalue weighted by atomic mass is 15.2. The molecule has 4 nitrogen and oxygen atoms in total. The maximum absolute atomic E-state index is 9.37. The van der Waals surface area contributed by atoms with Gasteiger partial charge in [-0.15, -0.1) is 0 Å². The van der Waals surface area contributed by atoms with Crippen LogP contribution in [0, 0.1) is 11.3 Å². The number of nitriles is 1. The molecule has 0 aromatic carbocycles. The van der Waals surface area contributed by atoms with Gasteiger partial charge in [-0.3, -0.25) is 5.32 Å². The molecule has 0 amide bonds. The number of hydrogen-bond acceptors (Lipinski definition) is 4. The second-order valence-electron chi connectivity index (χ2n) is 7.33. The molecule has 0 aromatic rings. The summed E-state index contributed by atoms with van der Waals surface area (Å²) in [6, 6.07) is 3.84. The zero-order valence-corrected chi connectivity index (χ0v) is 14.1. The summed E-state index contributed by atoms with van der Waals surface area (Å²) in [4.78, 5) is 4.96. The Morgan fingerprint density at radius 3 is 2.48 bits per heavy atom. The molecule has 1 unspecified atom stereocenters. The minimum Gasteiger partial charge on any atom is -0.306 e. The first kappa shape index (κ1) is 16.7. The molecule has 2 rings (SSSR count). The predicted molar refractivity (Wildman–Crippen MR) is 87.2 cm³/mol. The van der Waals surface area contributed by atoms with Gasteiger partial charge in [0.15, 0.2) is 0 Å². The van der Waals surface area contributed by atoms with E-state index in [9.17, 15) is 5.26 Å². The summed E-state index contributed by atoms with van der Waals surface area (Å²) in [5.74, 6) is 0. The summed E-state index contributed by atoms with van der Waals surface area (Å²) in [6.45, 7) is 5.69. The van der Waals surface area contributed by atoms with E-state index in [2.05, 4.69) is 42.2 Å². The number of piperidine rings is 1. The van der Waals surface area contributed by atoms with Crippen molar-refractivity contribution in [1.29, 1.82) is 5.26 Å². The highest BCUT2D eigenvalue weighted by molar-refractivity contribution is 5.06. The molecule has 1 N–H and O–H groups in total. The van der Waals surface area contributed by atoms with Gasteiger partial charge in [-0.1, -0.05) is 0 Å². The number of unbranched alkanes of at least 4 members (excludes halogenated alkanes) is 1. The van der Waals surface area contributed by atoms with Crippen molar-refractivity contribution in [3.63, 3.8) is 0 Å². The Morgan fingerprint density at radius 2 is 1.90 bits per heavy atom. The van der Waals surface area contributed by atoms with Crippen LogP contribution in [0.25, 0.3) is 0 Å². The van der Waals surface area contributed by atoms with Gasteiger partial charge in [0.1, 0.15) is 5.54 Å². The van der Waals surface area contributed by atoms with Gasteiger partial charge in [0.05, 0.1) is 6.07 Å². The van der Waals surface area contributed by atoms with E-state index in [1.54, 1.807) is 0 Å². The van der Waals surface area contributed by atoms with Crippen LogP contribution in [0.5, 0.6) is 0 Å². The van der Waals surface area contributed by atoms with E-state index >= 15 is 0 Å². The lowest BCUT2D eigenvalue weighted by Gasteiger charge is -2.35. The van der Waals surface area contributed by atoms with Crippen molar-refractivity contribution >= 4 is 0 Å². The van der Waals surface area contributed by atoms with Gasteiger partial charge in [0, 0.05) is 12.1 Å². The third-order valence-electron chi connectivity index (χ3n) is 5.10. The normalized spacial score (nSPS) is 24.0. The third kappa shape index (κ3) is 5.58. The average Bonchev–Trinajstić information content (AvgIpc) is 3.28. The van der Waals surface area contributed by atoms with Gasteiger partial charge in [-0.25, -0.2) is 0 Å². The van der Waals surface area contributed by atoms with Crippen molar-refractivity contribution in [1.82, 2.24) is 15.1 Å². The SMILES string of the molecule is CN1CCC(N(C)CCCCC(C)(C#N)NC2CC2)CC1. The van der Waals surface area contributed by atoms with Crippen LogP contribution in [0.1, 0.15) is 51.9 Å². The Balaban J connectivity index is 1.61. The van der Waals surface area contributed by atoms with E-state index in [0.29, 0.717) is 6.04 Å². The molecule has 2 fully saturated rings. The summed E-state index contributed by atoms with van der Waals surface area (Å²) >= 11 is 0. The van der Waals surface area contributed by atoms with Crippen LogP contribution in [0.15, 0.2) is 0 Å². The lowest BCUT2D eigenvalue weighted by atomic mass is 9.96. The zero-order chi connectivity index (χ0) is 15.3.